The van der Waals surface area contributed by atoms with E-state index in [1.165, 1.54) is 24.3 Å². The van der Waals surface area contributed by atoms with Gasteiger partial charge in [-0.25, -0.2) is 14.1 Å². The number of ether oxygens (including phenoxy) is 1. The highest BCUT2D eigenvalue weighted by Crippen LogP contribution is 2.12. The molecule has 6 heteroatoms. The number of imidazole rings is 1. The minimum Gasteiger partial charge on any atom is -0.493 e. The number of hydrogen-bond acceptors (Lipinski definition) is 3. The number of rotatable bonds is 5. The Bertz CT molecular complexity index is 783. The van der Waals surface area contributed by atoms with Crippen LogP contribution < -0.4 is 10.2 Å². The van der Waals surface area contributed by atoms with E-state index in [1.54, 1.807) is 11.0 Å². The van der Waals surface area contributed by atoms with E-state index in [2.05, 4.69) is 10.4 Å². The fourth-order valence-electron chi connectivity index (χ4n) is 2.03. The second-order valence-electron chi connectivity index (χ2n) is 4.69. The first-order valence-corrected chi connectivity index (χ1v) is 6.83. The third-order valence-electron chi connectivity index (χ3n) is 3.11. The minimum absolute atomic E-state index is 0.184. The topological polar surface area (TPSA) is 56.1 Å². The van der Waals surface area contributed by atoms with Crippen LogP contribution in [-0.2, 0) is 4.79 Å². The number of nitrogens with zero attached hydrogens (tertiary/aromatic N) is 2. The Morgan fingerprint density at radius 3 is 2.77 bits per heavy atom. The van der Waals surface area contributed by atoms with Gasteiger partial charge in [0, 0.05) is 0 Å². The summed E-state index contributed by atoms with van der Waals surface area (Å²) in [6, 6.07) is 13.2. The zero-order chi connectivity index (χ0) is 15.4. The molecule has 2 aromatic carbocycles. The number of fused-ring (bicyclic) bond motifs is 1. The molecule has 0 saturated heterocycles. The third kappa shape index (κ3) is 3.22. The standard InChI is InChI=1S/C16H14FN3O2/c17-12-5-7-13(8-6-12)22-10-9-16(21)19-20-11-18-14-3-1-2-4-15(14)20/h1-8,11H,9-10H2,(H,19,21). The van der Waals surface area contributed by atoms with Crippen molar-refractivity contribution in [1.82, 2.24) is 9.66 Å². The molecule has 0 fully saturated rings. The average Bonchev–Trinajstić information content (AvgIpc) is 2.93. The minimum atomic E-state index is -0.322. The highest BCUT2D eigenvalue weighted by molar-refractivity contribution is 5.86. The maximum absolute atomic E-state index is 12.7. The first kappa shape index (κ1) is 14.1. The van der Waals surface area contributed by atoms with Crippen LogP contribution in [0.5, 0.6) is 5.75 Å². The van der Waals surface area contributed by atoms with Crippen molar-refractivity contribution in [3.05, 3.63) is 60.7 Å². The summed E-state index contributed by atoms with van der Waals surface area (Å²) in [4.78, 5) is 16.1. The van der Waals surface area contributed by atoms with E-state index >= 15 is 0 Å². The summed E-state index contributed by atoms with van der Waals surface area (Å²) in [5.74, 6) is 0.0182. The largest absolute Gasteiger partial charge is 0.493 e. The van der Waals surface area contributed by atoms with Gasteiger partial charge in [0.05, 0.1) is 24.1 Å². The summed E-state index contributed by atoms with van der Waals surface area (Å²) in [6.45, 7) is 0.212. The monoisotopic (exact) mass is 299 g/mol. The molecule has 1 amide bonds. The van der Waals surface area contributed by atoms with E-state index in [-0.39, 0.29) is 24.8 Å². The van der Waals surface area contributed by atoms with Crippen LogP contribution in [0.1, 0.15) is 6.42 Å². The van der Waals surface area contributed by atoms with Gasteiger partial charge in [-0.3, -0.25) is 10.2 Å². The highest BCUT2D eigenvalue weighted by Gasteiger charge is 2.06. The van der Waals surface area contributed by atoms with Gasteiger partial charge in [-0.2, -0.15) is 0 Å². The summed E-state index contributed by atoms with van der Waals surface area (Å²) in [6.07, 6.45) is 1.74. The lowest BCUT2D eigenvalue weighted by molar-refractivity contribution is -0.117. The molecule has 0 atom stereocenters. The van der Waals surface area contributed by atoms with Gasteiger partial charge in [0.15, 0.2) is 0 Å². The number of para-hydroxylation sites is 2. The van der Waals surface area contributed by atoms with Crippen molar-refractivity contribution in [1.29, 1.82) is 0 Å². The predicted octanol–water partition coefficient (Wildman–Crippen LogP) is 2.71. The molecule has 5 nitrogen and oxygen atoms in total. The molecule has 1 aromatic heterocycles. The van der Waals surface area contributed by atoms with Gasteiger partial charge in [-0.15, -0.1) is 0 Å². The smallest absolute Gasteiger partial charge is 0.242 e. The number of halogens is 1. The molecule has 0 aliphatic rings. The van der Waals surface area contributed by atoms with Crippen molar-refractivity contribution < 1.29 is 13.9 Å². The molecule has 3 aromatic rings. The molecule has 1 heterocycles. The molecule has 0 unspecified atom stereocenters. The normalized spacial score (nSPS) is 10.6. The van der Waals surface area contributed by atoms with E-state index in [9.17, 15) is 9.18 Å². The van der Waals surface area contributed by atoms with Crippen molar-refractivity contribution in [2.75, 3.05) is 12.0 Å². The second kappa shape index (κ2) is 6.26. The molecule has 0 spiro atoms. The molecule has 0 aliphatic heterocycles. The van der Waals surface area contributed by atoms with Crippen LogP contribution in [0.2, 0.25) is 0 Å². The number of nitrogens with one attached hydrogen (secondary N) is 1. The van der Waals surface area contributed by atoms with Gasteiger partial charge in [-0.05, 0) is 36.4 Å². The molecule has 0 bridgehead atoms. The van der Waals surface area contributed by atoms with Crippen LogP contribution >= 0.6 is 0 Å². The Morgan fingerprint density at radius 2 is 1.95 bits per heavy atom. The summed E-state index contributed by atoms with van der Waals surface area (Å²) in [5, 5.41) is 0. The average molecular weight is 299 g/mol. The first-order valence-electron chi connectivity index (χ1n) is 6.83. The van der Waals surface area contributed by atoms with E-state index in [0.717, 1.165) is 11.0 Å². The van der Waals surface area contributed by atoms with Crippen molar-refractivity contribution >= 4 is 16.9 Å². The summed E-state index contributed by atoms with van der Waals surface area (Å²) >= 11 is 0. The lowest BCUT2D eigenvalue weighted by Crippen LogP contribution is -2.23. The van der Waals surface area contributed by atoms with E-state index in [4.69, 9.17) is 4.74 Å². The SMILES string of the molecule is O=C(CCOc1ccc(F)cc1)Nn1cnc2ccccc21. The molecule has 0 aliphatic carbocycles. The molecule has 22 heavy (non-hydrogen) atoms. The van der Waals surface area contributed by atoms with Crippen LogP contribution in [-0.4, -0.2) is 22.2 Å². The molecule has 112 valence electrons. The Balaban J connectivity index is 1.53. The fourth-order valence-corrected chi connectivity index (χ4v) is 2.03. The summed E-state index contributed by atoms with van der Waals surface area (Å²) in [7, 11) is 0. The van der Waals surface area contributed by atoms with E-state index in [1.807, 2.05) is 24.3 Å². The van der Waals surface area contributed by atoms with Gasteiger partial charge < -0.3 is 4.74 Å². The van der Waals surface area contributed by atoms with E-state index < -0.39 is 0 Å². The zero-order valence-electron chi connectivity index (χ0n) is 11.7. The quantitative estimate of drug-likeness (QED) is 0.788. The van der Waals surface area contributed by atoms with Crippen LogP contribution in [0.25, 0.3) is 11.0 Å². The third-order valence-corrected chi connectivity index (χ3v) is 3.11. The first-order chi connectivity index (χ1) is 10.7. The maximum atomic E-state index is 12.7. The molecular formula is C16H14FN3O2. The number of aromatic nitrogens is 2. The van der Waals surface area contributed by atoms with Crippen LogP contribution in [0.3, 0.4) is 0 Å². The summed E-state index contributed by atoms with van der Waals surface area (Å²) in [5.41, 5.74) is 4.38. The van der Waals surface area contributed by atoms with Crippen LogP contribution in [0.15, 0.2) is 54.9 Å². The van der Waals surface area contributed by atoms with Gasteiger partial charge in [0.1, 0.15) is 17.9 Å². The Labute approximate surface area is 126 Å². The molecule has 0 saturated carbocycles. The van der Waals surface area contributed by atoms with Gasteiger partial charge >= 0.3 is 0 Å². The Kier molecular flexibility index (Phi) is 4.00. The molecular weight excluding hydrogens is 285 g/mol. The van der Waals surface area contributed by atoms with Crippen molar-refractivity contribution in [2.45, 2.75) is 6.42 Å². The Hall–Kier alpha value is -2.89. The molecule has 0 radical (unpaired) electrons. The van der Waals surface area contributed by atoms with Crippen LogP contribution in [0.4, 0.5) is 4.39 Å². The lowest BCUT2D eigenvalue weighted by Gasteiger charge is -2.08. The van der Waals surface area contributed by atoms with E-state index in [0.29, 0.717) is 5.75 Å². The summed E-state index contributed by atoms with van der Waals surface area (Å²) < 4.78 is 19.7. The van der Waals surface area contributed by atoms with Crippen molar-refractivity contribution in [3.63, 3.8) is 0 Å². The van der Waals surface area contributed by atoms with Crippen molar-refractivity contribution in [2.24, 2.45) is 0 Å². The highest BCUT2D eigenvalue weighted by atomic mass is 19.1. The van der Waals surface area contributed by atoms with Gasteiger partial charge in [0.2, 0.25) is 5.91 Å². The number of benzene rings is 2. The number of amides is 1. The predicted molar refractivity (Wildman–Crippen MR) is 80.6 cm³/mol. The Morgan fingerprint density at radius 1 is 1.18 bits per heavy atom. The zero-order valence-corrected chi connectivity index (χ0v) is 11.7. The maximum Gasteiger partial charge on any atom is 0.242 e. The van der Waals surface area contributed by atoms with Crippen LogP contribution in [0, 0.1) is 5.82 Å². The number of hydrogen-bond donors (Lipinski definition) is 1. The lowest BCUT2D eigenvalue weighted by atomic mass is 10.3. The number of carbonyl (C=O) groups excluding carboxylic acids is 1. The fraction of sp³-hybridized carbons (Fsp3) is 0.125. The van der Waals surface area contributed by atoms with Gasteiger partial charge in [-0.1, -0.05) is 12.1 Å². The molecule has 1 N–H and O–H groups in total. The van der Waals surface area contributed by atoms with Gasteiger partial charge in [0.25, 0.3) is 0 Å². The molecule has 3 rings (SSSR count). The van der Waals surface area contributed by atoms with Crippen molar-refractivity contribution in [3.8, 4) is 5.75 Å². The second-order valence-corrected chi connectivity index (χ2v) is 4.69. The number of carbonyl (C=O) groups is 1.